The first-order chi connectivity index (χ1) is 12.6. The number of benzene rings is 2. The molecule has 0 saturated heterocycles. The van der Waals surface area contributed by atoms with Crippen molar-refractivity contribution in [2.45, 2.75) is 32.2 Å². The molecule has 0 radical (unpaired) electrons. The van der Waals surface area contributed by atoms with Gasteiger partial charge in [0.25, 0.3) is 0 Å². The Kier molecular flexibility index (Phi) is 8.66. The van der Waals surface area contributed by atoms with E-state index in [-0.39, 0.29) is 0 Å². The largest absolute Gasteiger partial charge is 0.497 e. The van der Waals surface area contributed by atoms with Crippen molar-refractivity contribution in [3.05, 3.63) is 65.7 Å². The molecule has 0 heterocycles. The molecule has 142 valence electrons. The van der Waals surface area contributed by atoms with Crippen LogP contribution in [0.4, 0.5) is 0 Å². The van der Waals surface area contributed by atoms with E-state index >= 15 is 0 Å². The second-order valence-corrected chi connectivity index (χ2v) is 7.28. The Morgan fingerprint density at radius 2 is 1.62 bits per heavy atom. The first-order valence-corrected chi connectivity index (χ1v) is 9.67. The van der Waals surface area contributed by atoms with Crippen LogP contribution < -0.4 is 4.74 Å². The van der Waals surface area contributed by atoms with Crippen molar-refractivity contribution in [1.29, 1.82) is 0 Å². The van der Waals surface area contributed by atoms with Crippen LogP contribution in [0.5, 0.6) is 5.75 Å². The van der Waals surface area contributed by atoms with Gasteiger partial charge in [0.05, 0.1) is 7.11 Å². The molecule has 1 unspecified atom stereocenters. The summed E-state index contributed by atoms with van der Waals surface area (Å²) in [5.41, 5.74) is 2.80. The predicted octanol–water partition coefficient (Wildman–Crippen LogP) is 4.64. The molecule has 0 saturated carbocycles. The third-order valence-corrected chi connectivity index (χ3v) is 4.82. The van der Waals surface area contributed by atoms with Crippen LogP contribution in [0, 0.1) is 0 Å². The monoisotopic (exact) mass is 354 g/mol. The Bertz CT molecular complexity index is 610. The lowest BCUT2D eigenvalue weighted by Crippen LogP contribution is -2.34. The van der Waals surface area contributed by atoms with Gasteiger partial charge in [0, 0.05) is 26.2 Å². The zero-order chi connectivity index (χ0) is 18.8. The number of methoxy groups -OCH3 is 1. The van der Waals surface area contributed by atoms with Gasteiger partial charge in [-0.2, -0.15) is 0 Å². The minimum Gasteiger partial charge on any atom is -0.497 e. The van der Waals surface area contributed by atoms with Crippen molar-refractivity contribution in [2.24, 2.45) is 0 Å². The van der Waals surface area contributed by atoms with Crippen LogP contribution in [0.1, 0.15) is 36.8 Å². The summed E-state index contributed by atoms with van der Waals surface area (Å²) in [5.74, 6) is 1.48. The molecule has 3 heteroatoms. The van der Waals surface area contributed by atoms with Crippen molar-refractivity contribution in [2.75, 3.05) is 40.8 Å². The Balaban J connectivity index is 2.11. The van der Waals surface area contributed by atoms with Gasteiger partial charge in [-0.05, 0) is 49.7 Å². The fraction of sp³-hybridized carbons (Fsp3) is 0.478. The molecule has 0 fully saturated rings. The van der Waals surface area contributed by atoms with Crippen LogP contribution >= 0.6 is 0 Å². The molecule has 0 aliphatic carbocycles. The number of hydrogen-bond acceptors (Lipinski definition) is 3. The third-order valence-electron chi connectivity index (χ3n) is 4.82. The summed E-state index contributed by atoms with van der Waals surface area (Å²) in [6.45, 7) is 6.53. The van der Waals surface area contributed by atoms with Gasteiger partial charge in [-0.15, -0.1) is 0 Å². The van der Waals surface area contributed by atoms with Gasteiger partial charge in [0.2, 0.25) is 0 Å². The molecular formula is C23H34N2O. The van der Waals surface area contributed by atoms with Crippen molar-refractivity contribution in [3.63, 3.8) is 0 Å². The lowest BCUT2D eigenvalue weighted by molar-refractivity contribution is 0.217. The molecule has 0 aliphatic heterocycles. The second kappa shape index (κ2) is 11.0. The summed E-state index contributed by atoms with van der Waals surface area (Å²) in [4.78, 5) is 4.86. The highest BCUT2D eigenvalue weighted by molar-refractivity contribution is 5.29. The number of nitrogens with zero attached hydrogens (tertiary/aromatic N) is 2. The zero-order valence-corrected chi connectivity index (χ0v) is 16.8. The zero-order valence-electron chi connectivity index (χ0n) is 16.8. The molecule has 2 rings (SSSR count). The molecule has 0 spiro atoms. The quantitative estimate of drug-likeness (QED) is 0.584. The van der Waals surface area contributed by atoms with Gasteiger partial charge in [-0.3, -0.25) is 4.90 Å². The summed E-state index contributed by atoms with van der Waals surface area (Å²) in [6.07, 6.45) is 2.41. The molecule has 26 heavy (non-hydrogen) atoms. The van der Waals surface area contributed by atoms with Gasteiger partial charge in [0.15, 0.2) is 0 Å². The molecule has 0 aliphatic rings. The SMILES string of the molecule is CCCC(CN(CCN(C)C)Cc1ccccc1)c1ccc(OC)cc1. The number of hydrogen-bond donors (Lipinski definition) is 0. The van der Waals surface area contributed by atoms with Crippen LogP contribution in [0.15, 0.2) is 54.6 Å². The van der Waals surface area contributed by atoms with E-state index in [1.807, 2.05) is 0 Å². The van der Waals surface area contributed by atoms with E-state index in [2.05, 4.69) is 85.4 Å². The van der Waals surface area contributed by atoms with Gasteiger partial charge in [-0.1, -0.05) is 55.8 Å². The van der Waals surface area contributed by atoms with E-state index in [0.29, 0.717) is 5.92 Å². The molecule has 0 bridgehead atoms. The summed E-state index contributed by atoms with van der Waals surface area (Å²) in [6, 6.07) is 19.4. The molecular weight excluding hydrogens is 320 g/mol. The van der Waals surface area contributed by atoms with Crippen LogP contribution in [0.25, 0.3) is 0 Å². The van der Waals surface area contributed by atoms with E-state index in [9.17, 15) is 0 Å². The lowest BCUT2D eigenvalue weighted by atomic mass is 9.93. The molecule has 1 atom stereocenters. The van der Waals surface area contributed by atoms with E-state index in [1.165, 1.54) is 24.0 Å². The normalized spacial score (nSPS) is 12.5. The summed E-state index contributed by atoms with van der Waals surface area (Å²) < 4.78 is 5.32. The summed E-state index contributed by atoms with van der Waals surface area (Å²) in [5, 5.41) is 0. The Morgan fingerprint density at radius 3 is 2.19 bits per heavy atom. The second-order valence-electron chi connectivity index (χ2n) is 7.28. The number of likely N-dealkylation sites (N-methyl/N-ethyl adjacent to an activating group) is 1. The standard InChI is InChI=1S/C23H34N2O/c1-5-9-22(21-12-14-23(26-4)15-13-21)19-25(17-16-24(2)3)18-20-10-7-6-8-11-20/h6-8,10-15,22H,5,9,16-19H2,1-4H3. The van der Waals surface area contributed by atoms with Crippen molar-refractivity contribution in [3.8, 4) is 5.75 Å². The number of rotatable bonds is 11. The lowest BCUT2D eigenvalue weighted by Gasteiger charge is -2.29. The highest BCUT2D eigenvalue weighted by Crippen LogP contribution is 2.25. The summed E-state index contributed by atoms with van der Waals surface area (Å²) >= 11 is 0. The minimum absolute atomic E-state index is 0.553. The van der Waals surface area contributed by atoms with E-state index in [4.69, 9.17) is 4.74 Å². The van der Waals surface area contributed by atoms with Crippen LogP contribution in [-0.4, -0.2) is 50.6 Å². The molecule has 0 aromatic heterocycles. The van der Waals surface area contributed by atoms with Gasteiger partial charge < -0.3 is 9.64 Å². The van der Waals surface area contributed by atoms with Crippen LogP contribution in [-0.2, 0) is 6.54 Å². The maximum absolute atomic E-state index is 5.32. The van der Waals surface area contributed by atoms with Crippen LogP contribution in [0.2, 0.25) is 0 Å². The van der Waals surface area contributed by atoms with Crippen molar-refractivity contribution >= 4 is 0 Å². The third kappa shape index (κ3) is 6.81. The van der Waals surface area contributed by atoms with E-state index < -0.39 is 0 Å². The average Bonchev–Trinajstić information content (AvgIpc) is 2.66. The fourth-order valence-electron chi connectivity index (χ4n) is 3.32. The minimum atomic E-state index is 0.553. The molecule has 0 N–H and O–H groups in total. The van der Waals surface area contributed by atoms with Crippen molar-refractivity contribution in [1.82, 2.24) is 9.80 Å². The first-order valence-electron chi connectivity index (χ1n) is 9.67. The molecule has 0 amide bonds. The maximum atomic E-state index is 5.32. The van der Waals surface area contributed by atoms with Crippen molar-refractivity contribution < 1.29 is 4.74 Å². The average molecular weight is 355 g/mol. The first kappa shape index (κ1) is 20.5. The summed E-state index contributed by atoms with van der Waals surface area (Å²) in [7, 11) is 6.02. The van der Waals surface area contributed by atoms with Gasteiger partial charge >= 0.3 is 0 Å². The molecule has 2 aromatic rings. The highest BCUT2D eigenvalue weighted by atomic mass is 16.5. The highest BCUT2D eigenvalue weighted by Gasteiger charge is 2.16. The smallest absolute Gasteiger partial charge is 0.118 e. The Hall–Kier alpha value is -1.84. The number of ether oxygens (including phenoxy) is 1. The maximum Gasteiger partial charge on any atom is 0.118 e. The van der Waals surface area contributed by atoms with Gasteiger partial charge in [0.1, 0.15) is 5.75 Å². The predicted molar refractivity (Wildman–Crippen MR) is 111 cm³/mol. The fourth-order valence-corrected chi connectivity index (χ4v) is 3.32. The Morgan fingerprint density at radius 1 is 0.923 bits per heavy atom. The van der Waals surface area contributed by atoms with E-state index in [1.54, 1.807) is 7.11 Å². The molecule has 2 aromatic carbocycles. The topological polar surface area (TPSA) is 15.7 Å². The Labute approximate surface area is 159 Å². The van der Waals surface area contributed by atoms with Crippen LogP contribution in [0.3, 0.4) is 0 Å². The van der Waals surface area contributed by atoms with E-state index in [0.717, 1.165) is 31.9 Å². The van der Waals surface area contributed by atoms with Gasteiger partial charge in [-0.25, -0.2) is 0 Å². The molecule has 3 nitrogen and oxygen atoms in total.